The van der Waals surface area contributed by atoms with Crippen molar-refractivity contribution in [2.24, 2.45) is 0 Å². The lowest BCUT2D eigenvalue weighted by Crippen LogP contribution is -2.18. The van der Waals surface area contributed by atoms with E-state index in [1.165, 1.54) is 11.6 Å². The lowest BCUT2D eigenvalue weighted by molar-refractivity contribution is 0.584. The zero-order valence-electron chi connectivity index (χ0n) is 10.5. The van der Waals surface area contributed by atoms with Crippen molar-refractivity contribution in [3.05, 3.63) is 68.4 Å². The van der Waals surface area contributed by atoms with E-state index >= 15 is 0 Å². The SMILES string of the molecule is CNC(Cc1ccc(Br)cc1)c1ccc(F)c(Br)c1. The molecule has 2 rings (SSSR count). The molecule has 0 aliphatic carbocycles. The Hall–Kier alpha value is -0.710. The van der Waals surface area contributed by atoms with Gasteiger partial charge in [0.05, 0.1) is 4.47 Å². The first-order valence-corrected chi connectivity index (χ1v) is 7.55. The van der Waals surface area contributed by atoms with Crippen molar-refractivity contribution in [1.82, 2.24) is 5.32 Å². The zero-order valence-corrected chi connectivity index (χ0v) is 13.6. The minimum absolute atomic E-state index is 0.165. The van der Waals surface area contributed by atoms with Gasteiger partial charge in [-0.25, -0.2) is 4.39 Å². The second-order valence-corrected chi connectivity index (χ2v) is 6.12. The minimum Gasteiger partial charge on any atom is -0.313 e. The maximum atomic E-state index is 13.3. The van der Waals surface area contributed by atoms with Crippen LogP contribution in [0.4, 0.5) is 4.39 Å². The fourth-order valence-corrected chi connectivity index (χ4v) is 2.63. The maximum Gasteiger partial charge on any atom is 0.137 e. The molecular formula is C15H14Br2FN. The highest BCUT2D eigenvalue weighted by Gasteiger charge is 2.12. The minimum atomic E-state index is -0.234. The molecule has 2 aromatic rings. The summed E-state index contributed by atoms with van der Waals surface area (Å²) in [5.41, 5.74) is 2.31. The molecule has 2 aromatic carbocycles. The van der Waals surface area contributed by atoms with E-state index in [4.69, 9.17) is 0 Å². The molecule has 0 bridgehead atoms. The Morgan fingerprint density at radius 3 is 2.37 bits per heavy atom. The van der Waals surface area contributed by atoms with E-state index in [1.807, 2.05) is 31.3 Å². The Kier molecular flexibility index (Phi) is 5.13. The van der Waals surface area contributed by atoms with Crippen molar-refractivity contribution in [1.29, 1.82) is 0 Å². The molecule has 0 saturated heterocycles. The van der Waals surface area contributed by atoms with Crippen LogP contribution < -0.4 is 5.32 Å². The van der Waals surface area contributed by atoms with Crippen LogP contribution in [0.25, 0.3) is 0 Å². The van der Waals surface area contributed by atoms with Crippen LogP contribution in [0.2, 0.25) is 0 Å². The number of hydrogen-bond acceptors (Lipinski definition) is 1. The zero-order chi connectivity index (χ0) is 13.8. The summed E-state index contributed by atoms with van der Waals surface area (Å²) < 4.78 is 14.8. The van der Waals surface area contributed by atoms with E-state index in [0.717, 1.165) is 16.5 Å². The van der Waals surface area contributed by atoms with Crippen molar-refractivity contribution in [3.8, 4) is 0 Å². The fourth-order valence-electron chi connectivity index (χ4n) is 1.97. The molecule has 0 saturated carbocycles. The first-order valence-electron chi connectivity index (χ1n) is 5.97. The topological polar surface area (TPSA) is 12.0 Å². The van der Waals surface area contributed by atoms with Crippen LogP contribution >= 0.6 is 31.9 Å². The Morgan fingerprint density at radius 2 is 1.79 bits per heavy atom. The predicted octanol–water partition coefficient (Wildman–Crippen LogP) is 4.85. The van der Waals surface area contributed by atoms with Crippen LogP contribution in [-0.2, 0) is 6.42 Å². The number of benzene rings is 2. The third kappa shape index (κ3) is 3.88. The molecule has 1 atom stereocenters. The molecule has 0 aliphatic rings. The van der Waals surface area contributed by atoms with Gasteiger partial charge < -0.3 is 5.32 Å². The molecule has 0 heterocycles. The smallest absolute Gasteiger partial charge is 0.137 e. The van der Waals surface area contributed by atoms with Crippen LogP contribution in [0.3, 0.4) is 0 Å². The van der Waals surface area contributed by atoms with Gasteiger partial charge in [-0.2, -0.15) is 0 Å². The first kappa shape index (κ1) is 14.7. The molecule has 1 unspecified atom stereocenters. The summed E-state index contributed by atoms with van der Waals surface area (Å²) in [6.45, 7) is 0. The van der Waals surface area contributed by atoms with Crippen LogP contribution in [0.15, 0.2) is 51.4 Å². The van der Waals surface area contributed by atoms with E-state index in [9.17, 15) is 4.39 Å². The van der Waals surface area contributed by atoms with E-state index in [-0.39, 0.29) is 11.9 Å². The Labute approximate surface area is 129 Å². The third-order valence-corrected chi connectivity index (χ3v) is 4.18. The largest absolute Gasteiger partial charge is 0.313 e. The average molecular weight is 387 g/mol. The van der Waals surface area contributed by atoms with Gasteiger partial charge in [0.25, 0.3) is 0 Å². The van der Waals surface area contributed by atoms with E-state index < -0.39 is 0 Å². The molecule has 4 heteroatoms. The molecule has 0 aliphatic heterocycles. The van der Waals surface area contributed by atoms with Crippen molar-refractivity contribution < 1.29 is 4.39 Å². The van der Waals surface area contributed by atoms with Gasteiger partial charge in [-0.05, 0) is 64.8 Å². The summed E-state index contributed by atoms with van der Waals surface area (Å²) in [4.78, 5) is 0. The Bertz CT molecular complexity index is 555. The highest BCUT2D eigenvalue weighted by molar-refractivity contribution is 9.10. The number of hydrogen-bond donors (Lipinski definition) is 1. The van der Waals surface area contributed by atoms with Gasteiger partial charge in [-0.15, -0.1) is 0 Å². The van der Waals surface area contributed by atoms with Crippen LogP contribution in [-0.4, -0.2) is 7.05 Å². The summed E-state index contributed by atoms with van der Waals surface area (Å²) in [6, 6.07) is 13.5. The molecule has 1 N–H and O–H groups in total. The molecular weight excluding hydrogens is 373 g/mol. The van der Waals surface area contributed by atoms with Crippen LogP contribution in [0.5, 0.6) is 0 Å². The number of likely N-dealkylation sites (N-methyl/N-ethyl adjacent to an activating group) is 1. The van der Waals surface area contributed by atoms with Crippen LogP contribution in [0, 0.1) is 5.82 Å². The quantitative estimate of drug-likeness (QED) is 0.791. The van der Waals surface area contributed by atoms with Gasteiger partial charge in [0, 0.05) is 10.5 Å². The number of halogens is 3. The van der Waals surface area contributed by atoms with Crippen molar-refractivity contribution >= 4 is 31.9 Å². The molecule has 0 amide bonds. The molecule has 0 spiro atoms. The van der Waals surface area contributed by atoms with Crippen LogP contribution in [0.1, 0.15) is 17.2 Å². The van der Waals surface area contributed by atoms with Gasteiger partial charge in [-0.3, -0.25) is 0 Å². The summed E-state index contributed by atoms with van der Waals surface area (Å²) in [7, 11) is 1.92. The normalized spacial score (nSPS) is 12.4. The standard InChI is InChI=1S/C15H14Br2FN/c1-19-15(8-10-2-5-12(16)6-3-10)11-4-7-14(18)13(17)9-11/h2-7,9,15,19H,8H2,1H3. The summed E-state index contributed by atoms with van der Waals surface area (Å²) in [6.07, 6.45) is 0.863. The average Bonchev–Trinajstić information content (AvgIpc) is 2.41. The second-order valence-electron chi connectivity index (χ2n) is 4.35. The summed E-state index contributed by atoms with van der Waals surface area (Å²) in [5.74, 6) is -0.234. The fraction of sp³-hybridized carbons (Fsp3) is 0.200. The van der Waals surface area contributed by atoms with Crippen molar-refractivity contribution in [3.63, 3.8) is 0 Å². The van der Waals surface area contributed by atoms with Crippen molar-refractivity contribution in [2.75, 3.05) is 7.05 Å². The highest BCUT2D eigenvalue weighted by atomic mass is 79.9. The molecule has 0 fully saturated rings. The molecule has 0 aromatic heterocycles. The molecule has 100 valence electrons. The van der Waals surface area contributed by atoms with Gasteiger partial charge in [-0.1, -0.05) is 34.1 Å². The molecule has 19 heavy (non-hydrogen) atoms. The Morgan fingerprint density at radius 1 is 1.11 bits per heavy atom. The highest BCUT2D eigenvalue weighted by Crippen LogP contribution is 2.24. The van der Waals surface area contributed by atoms with Gasteiger partial charge in [0.2, 0.25) is 0 Å². The van der Waals surface area contributed by atoms with E-state index in [0.29, 0.717) is 4.47 Å². The second kappa shape index (κ2) is 6.64. The summed E-state index contributed by atoms with van der Waals surface area (Å²) >= 11 is 6.66. The van der Waals surface area contributed by atoms with Gasteiger partial charge in [0.15, 0.2) is 0 Å². The number of rotatable bonds is 4. The van der Waals surface area contributed by atoms with E-state index in [1.54, 1.807) is 0 Å². The maximum absolute atomic E-state index is 13.3. The van der Waals surface area contributed by atoms with Gasteiger partial charge in [0.1, 0.15) is 5.82 Å². The monoisotopic (exact) mass is 385 g/mol. The van der Waals surface area contributed by atoms with Crippen molar-refractivity contribution in [2.45, 2.75) is 12.5 Å². The third-order valence-electron chi connectivity index (χ3n) is 3.05. The van der Waals surface area contributed by atoms with E-state index in [2.05, 4.69) is 49.3 Å². The molecule has 1 nitrogen and oxygen atoms in total. The van der Waals surface area contributed by atoms with Gasteiger partial charge >= 0.3 is 0 Å². The predicted molar refractivity (Wildman–Crippen MR) is 83.7 cm³/mol. The summed E-state index contributed by atoms with van der Waals surface area (Å²) in [5, 5.41) is 3.27. The lowest BCUT2D eigenvalue weighted by Gasteiger charge is -2.17. The molecule has 0 radical (unpaired) electrons. The number of nitrogens with one attached hydrogen (secondary N) is 1. The lowest BCUT2D eigenvalue weighted by atomic mass is 9.99. The Balaban J connectivity index is 2.19. The first-order chi connectivity index (χ1) is 9.10.